The lowest BCUT2D eigenvalue weighted by Crippen LogP contribution is -2.63. The van der Waals surface area contributed by atoms with E-state index >= 15 is 0 Å². The predicted molar refractivity (Wildman–Crippen MR) is 83.7 cm³/mol. The summed E-state index contributed by atoms with van der Waals surface area (Å²) in [6, 6.07) is 3.39. The molecule has 0 aromatic carbocycles. The maximum absolute atomic E-state index is 12.5. The average molecular weight is 311 g/mol. The van der Waals surface area contributed by atoms with Gasteiger partial charge in [-0.2, -0.15) is 0 Å². The van der Waals surface area contributed by atoms with Crippen LogP contribution in [0.2, 0.25) is 5.15 Å². The summed E-state index contributed by atoms with van der Waals surface area (Å²) in [6.45, 7) is 8.91. The summed E-state index contributed by atoms with van der Waals surface area (Å²) in [6.07, 6.45) is 1.63. The molecule has 1 fully saturated rings. The highest BCUT2D eigenvalue weighted by atomic mass is 35.5. The number of aromatic nitrogens is 1. The fraction of sp³-hybridized carbons (Fsp3) is 0.625. The number of pyridine rings is 1. The number of carbonyl (C=O) groups is 1. The molecule has 21 heavy (non-hydrogen) atoms. The maximum Gasteiger partial charge on any atom is 0.254 e. The molecule has 0 unspecified atom stereocenters. The number of aliphatic hydroxyl groups is 1. The number of rotatable bonds is 3. The van der Waals surface area contributed by atoms with Crippen molar-refractivity contribution in [2.45, 2.75) is 51.6 Å². The lowest BCUT2D eigenvalue weighted by Gasteiger charge is -2.46. The fourth-order valence-corrected chi connectivity index (χ4v) is 2.83. The molecule has 0 bridgehead atoms. The van der Waals surface area contributed by atoms with E-state index in [0.29, 0.717) is 23.8 Å². The molecule has 0 atom stereocenters. The Hall–Kier alpha value is -1.13. The SMILES string of the molecule is CCCC1(O)CN(C(=O)c2cc(Cl)nc(C(C)(C)C)c2)C1. The summed E-state index contributed by atoms with van der Waals surface area (Å²) >= 11 is 6.04. The second kappa shape index (κ2) is 5.58. The lowest BCUT2D eigenvalue weighted by molar-refractivity contribution is -0.0860. The van der Waals surface area contributed by atoms with Crippen LogP contribution in [-0.2, 0) is 5.41 Å². The third-order valence-corrected chi connectivity index (χ3v) is 3.98. The van der Waals surface area contributed by atoms with Crippen LogP contribution in [0.5, 0.6) is 0 Å². The van der Waals surface area contributed by atoms with E-state index in [4.69, 9.17) is 11.6 Å². The van der Waals surface area contributed by atoms with Crippen molar-refractivity contribution in [1.82, 2.24) is 9.88 Å². The van der Waals surface area contributed by atoms with Crippen LogP contribution in [-0.4, -0.2) is 39.6 Å². The highest BCUT2D eigenvalue weighted by molar-refractivity contribution is 6.29. The Morgan fingerprint density at radius 2 is 2.05 bits per heavy atom. The van der Waals surface area contributed by atoms with Gasteiger partial charge in [-0.3, -0.25) is 4.79 Å². The molecule has 1 aliphatic heterocycles. The Balaban J connectivity index is 2.16. The van der Waals surface area contributed by atoms with Crippen molar-refractivity contribution < 1.29 is 9.90 Å². The van der Waals surface area contributed by atoms with Crippen LogP contribution in [0.15, 0.2) is 12.1 Å². The van der Waals surface area contributed by atoms with E-state index in [9.17, 15) is 9.90 Å². The lowest BCUT2D eigenvalue weighted by atomic mass is 9.88. The van der Waals surface area contributed by atoms with Crippen LogP contribution < -0.4 is 0 Å². The highest BCUT2D eigenvalue weighted by Gasteiger charge is 2.43. The molecule has 0 spiro atoms. The highest BCUT2D eigenvalue weighted by Crippen LogP contribution is 2.29. The average Bonchev–Trinajstić information content (AvgIpc) is 2.33. The van der Waals surface area contributed by atoms with Gasteiger partial charge in [-0.1, -0.05) is 45.7 Å². The Kier molecular flexibility index (Phi) is 4.31. The summed E-state index contributed by atoms with van der Waals surface area (Å²) in [5.41, 5.74) is 0.451. The zero-order chi connectivity index (χ0) is 15.8. The molecule has 0 saturated carbocycles. The van der Waals surface area contributed by atoms with Crippen LogP contribution in [0, 0.1) is 0 Å². The Labute approximate surface area is 131 Å². The largest absolute Gasteiger partial charge is 0.386 e. The first kappa shape index (κ1) is 16.2. The molecular formula is C16H23ClN2O2. The van der Waals surface area contributed by atoms with Gasteiger partial charge >= 0.3 is 0 Å². The van der Waals surface area contributed by atoms with Crippen molar-refractivity contribution in [1.29, 1.82) is 0 Å². The van der Waals surface area contributed by atoms with Crippen LogP contribution in [0.1, 0.15) is 56.6 Å². The van der Waals surface area contributed by atoms with Crippen LogP contribution in [0.3, 0.4) is 0 Å². The smallest absolute Gasteiger partial charge is 0.254 e. The molecule has 1 aromatic rings. The number of nitrogens with zero attached hydrogens (tertiary/aromatic N) is 2. The first-order chi connectivity index (χ1) is 9.64. The van der Waals surface area contributed by atoms with E-state index < -0.39 is 5.60 Å². The van der Waals surface area contributed by atoms with Crippen molar-refractivity contribution in [3.05, 3.63) is 28.5 Å². The minimum Gasteiger partial charge on any atom is -0.386 e. The molecule has 0 radical (unpaired) electrons. The summed E-state index contributed by atoms with van der Waals surface area (Å²) in [5.74, 6) is -0.0921. The minimum absolute atomic E-state index is 0.0921. The fourth-order valence-electron chi connectivity index (χ4n) is 2.62. The van der Waals surface area contributed by atoms with Gasteiger partial charge in [0, 0.05) is 16.7 Å². The van der Waals surface area contributed by atoms with E-state index in [1.54, 1.807) is 17.0 Å². The quantitative estimate of drug-likeness (QED) is 0.873. The maximum atomic E-state index is 12.5. The summed E-state index contributed by atoms with van der Waals surface area (Å²) in [4.78, 5) is 18.4. The number of amides is 1. The number of likely N-dealkylation sites (tertiary alicyclic amines) is 1. The van der Waals surface area contributed by atoms with Gasteiger partial charge in [0.15, 0.2) is 0 Å². The first-order valence-electron chi connectivity index (χ1n) is 7.34. The summed E-state index contributed by atoms with van der Waals surface area (Å²) < 4.78 is 0. The molecule has 4 nitrogen and oxygen atoms in total. The third kappa shape index (κ3) is 3.55. The molecule has 0 aliphatic carbocycles. The number of hydrogen-bond donors (Lipinski definition) is 1. The molecule has 2 rings (SSSR count). The molecule has 1 amide bonds. The van der Waals surface area contributed by atoms with Gasteiger partial charge in [0.05, 0.1) is 18.7 Å². The zero-order valence-electron chi connectivity index (χ0n) is 13.1. The van der Waals surface area contributed by atoms with Gasteiger partial charge in [0.2, 0.25) is 0 Å². The van der Waals surface area contributed by atoms with Gasteiger partial charge in [0.1, 0.15) is 5.15 Å². The van der Waals surface area contributed by atoms with Crippen molar-refractivity contribution in [2.75, 3.05) is 13.1 Å². The molecule has 1 N–H and O–H groups in total. The topological polar surface area (TPSA) is 53.4 Å². The van der Waals surface area contributed by atoms with Crippen LogP contribution in [0.4, 0.5) is 0 Å². The minimum atomic E-state index is -0.714. The molecule has 116 valence electrons. The van der Waals surface area contributed by atoms with Crippen molar-refractivity contribution in [3.63, 3.8) is 0 Å². The third-order valence-electron chi connectivity index (χ3n) is 3.78. The number of hydrogen-bond acceptors (Lipinski definition) is 3. The standard InChI is InChI=1S/C16H23ClN2O2/c1-5-6-16(21)9-19(10-16)14(20)11-7-12(15(2,3)4)18-13(17)8-11/h7-8,21H,5-6,9-10H2,1-4H3. The molecule has 1 saturated heterocycles. The number of halogens is 1. The molecule has 1 aliphatic rings. The van der Waals surface area contributed by atoms with Gasteiger partial charge in [0.25, 0.3) is 5.91 Å². The predicted octanol–water partition coefficient (Wildman–Crippen LogP) is 3.02. The zero-order valence-corrected chi connectivity index (χ0v) is 13.9. The van der Waals surface area contributed by atoms with Gasteiger partial charge in [-0.05, 0) is 18.6 Å². The monoisotopic (exact) mass is 310 g/mol. The molecule has 5 heteroatoms. The van der Waals surface area contributed by atoms with Gasteiger partial charge in [-0.15, -0.1) is 0 Å². The van der Waals surface area contributed by atoms with Crippen LogP contribution >= 0.6 is 11.6 Å². The Morgan fingerprint density at radius 1 is 1.43 bits per heavy atom. The normalized spacial score (nSPS) is 17.5. The second-order valence-corrected chi connectivity index (χ2v) is 7.34. The van der Waals surface area contributed by atoms with E-state index in [1.165, 1.54) is 0 Å². The first-order valence-corrected chi connectivity index (χ1v) is 7.72. The van der Waals surface area contributed by atoms with E-state index in [2.05, 4.69) is 4.98 Å². The number of carbonyl (C=O) groups excluding carboxylic acids is 1. The van der Waals surface area contributed by atoms with E-state index in [0.717, 1.165) is 18.5 Å². The molecular weight excluding hydrogens is 288 g/mol. The Morgan fingerprint density at radius 3 is 2.57 bits per heavy atom. The van der Waals surface area contributed by atoms with Crippen molar-refractivity contribution >= 4 is 17.5 Å². The van der Waals surface area contributed by atoms with Crippen molar-refractivity contribution in [3.8, 4) is 0 Å². The number of β-amino-alcohol motifs (C(OH)–C–C–N with tert-alkyl or cyclic N) is 1. The van der Waals surface area contributed by atoms with Gasteiger partial charge in [-0.25, -0.2) is 4.98 Å². The van der Waals surface area contributed by atoms with Crippen LogP contribution in [0.25, 0.3) is 0 Å². The summed E-state index contributed by atoms with van der Waals surface area (Å²) in [7, 11) is 0. The molecule has 1 aromatic heterocycles. The van der Waals surface area contributed by atoms with E-state index in [1.807, 2.05) is 27.7 Å². The summed E-state index contributed by atoms with van der Waals surface area (Å²) in [5, 5.41) is 10.5. The van der Waals surface area contributed by atoms with Gasteiger partial charge < -0.3 is 10.0 Å². The second-order valence-electron chi connectivity index (χ2n) is 6.95. The molecule has 2 heterocycles. The Bertz CT molecular complexity index is 546. The van der Waals surface area contributed by atoms with Crippen molar-refractivity contribution in [2.24, 2.45) is 0 Å². The van der Waals surface area contributed by atoms with E-state index in [-0.39, 0.29) is 11.3 Å².